The zero-order chi connectivity index (χ0) is 21.2. The first-order valence-corrected chi connectivity index (χ1v) is 11.5. The Labute approximate surface area is 184 Å². The number of hydrogen-bond acceptors (Lipinski definition) is 4. The van der Waals surface area contributed by atoms with Gasteiger partial charge in [-0.25, -0.2) is 8.42 Å². The van der Waals surface area contributed by atoms with Gasteiger partial charge in [0.25, 0.3) is 5.91 Å². The van der Waals surface area contributed by atoms with Crippen LogP contribution < -0.4 is 5.32 Å². The van der Waals surface area contributed by atoms with Crippen molar-refractivity contribution in [2.45, 2.75) is 30.7 Å². The summed E-state index contributed by atoms with van der Waals surface area (Å²) in [6.45, 7) is 1.17. The zero-order valence-electron chi connectivity index (χ0n) is 15.3. The first-order chi connectivity index (χ1) is 13.7. The number of phenolic OH excluding ortho intramolecular Hbond substituents is 1. The molecule has 0 saturated carbocycles. The molecule has 1 saturated heterocycles. The van der Waals surface area contributed by atoms with E-state index in [0.29, 0.717) is 18.7 Å². The molecular formula is C19H19Cl3N2O4S. The Kier molecular flexibility index (Phi) is 6.96. The Morgan fingerprint density at radius 1 is 1.03 bits per heavy atom. The number of amides is 1. The second-order valence-electron chi connectivity index (χ2n) is 6.67. The first-order valence-electron chi connectivity index (χ1n) is 8.95. The fourth-order valence-electron chi connectivity index (χ4n) is 3.10. The minimum Gasteiger partial charge on any atom is -0.505 e. The molecule has 1 aliphatic rings. The third kappa shape index (κ3) is 4.81. The lowest BCUT2D eigenvalue weighted by atomic mass is 10.1. The molecule has 29 heavy (non-hydrogen) atoms. The van der Waals surface area contributed by atoms with Gasteiger partial charge in [0.1, 0.15) is 11.3 Å². The minimum absolute atomic E-state index is 0.0480. The Morgan fingerprint density at radius 2 is 1.66 bits per heavy atom. The molecule has 3 rings (SSSR count). The van der Waals surface area contributed by atoms with E-state index in [9.17, 15) is 18.3 Å². The Bertz CT molecular complexity index is 994. The number of hydrogen-bond donors (Lipinski definition) is 2. The van der Waals surface area contributed by atoms with Crippen molar-refractivity contribution in [2.24, 2.45) is 0 Å². The lowest BCUT2D eigenvalue weighted by Gasteiger charge is -2.25. The lowest BCUT2D eigenvalue weighted by molar-refractivity contribution is 0.0948. The molecule has 0 unspecified atom stereocenters. The quantitative estimate of drug-likeness (QED) is 0.623. The number of halogens is 3. The maximum atomic E-state index is 12.7. The van der Waals surface area contributed by atoms with Crippen molar-refractivity contribution in [3.63, 3.8) is 0 Å². The average molecular weight is 478 g/mol. The highest BCUT2D eigenvalue weighted by Crippen LogP contribution is 2.38. The monoisotopic (exact) mass is 476 g/mol. The van der Waals surface area contributed by atoms with Crippen molar-refractivity contribution < 1.29 is 18.3 Å². The summed E-state index contributed by atoms with van der Waals surface area (Å²) < 4.78 is 26.9. The summed E-state index contributed by atoms with van der Waals surface area (Å²) in [5.74, 6) is -1.11. The Morgan fingerprint density at radius 3 is 2.28 bits per heavy atom. The third-order valence-electron chi connectivity index (χ3n) is 4.70. The van der Waals surface area contributed by atoms with Crippen LogP contribution in [-0.2, 0) is 16.6 Å². The molecule has 1 fully saturated rings. The zero-order valence-corrected chi connectivity index (χ0v) is 18.4. The second kappa shape index (κ2) is 9.10. The number of phenols is 1. The topological polar surface area (TPSA) is 86.7 Å². The van der Waals surface area contributed by atoms with Crippen molar-refractivity contribution in [3.05, 3.63) is 56.5 Å². The molecule has 1 aliphatic heterocycles. The molecule has 0 aliphatic carbocycles. The van der Waals surface area contributed by atoms with Crippen LogP contribution in [0.3, 0.4) is 0 Å². The molecule has 6 nitrogen and oxygen atoms in total. The summed E-state index contributed by atoms with van der Waals surface area (Å²) in [5, 5.41) is 12.5. The van der Waals surface area contributed by atoms with Gasteiger partial charge in [-0.15, -0.1) is 0 Å². The van der Waals surface area contributed by atoms with Crippen molar-refractivity contribution in [3.8, 4) is 5.75 Å². The fourth-order valence-corrected chi connectivity index (χ4v) is 5.31. The van der Waals surface area contributed by atoms with Crippen LogP contribution in [-0.4, -0.2) is 36.8 Å². The van der Waals surface area contributed by atoms with Crippen LogP contribution in [0.5, 0.6) is 5.75 Å². The molecule has 0 bridgehead atoms. The predicted octanol–water partition coefficient (Wildman–Crippen LogP) is 4.46. The number of aromatic hydroxyl groups is 1. The van der Waals surface area contributed by atoms with Gasteiger partial charge in [0.2, 0.25) is 10.0 Å². The molecule has 2 aromatic carbocycles. The normalized spacial score (nSPS) is 15.3. The highest BCUT2D eigenvalue weighted by Gasteiger charge is 2.26. The van der Waals surface area contributed by atoms with E-state index in [0.717, 1.165) is 19.3 Å². The van der Waals surface area contributed by atoms with Crippen molar-refractivity contribution in [1.82, 2.24) is 9.62 Å². The van der Waals surface area contributed by atoms with Crippen LogP contribution in [0.25, 0.3) is 0 Å². The first kappa shape index (κ1) is 22.2. The van der Waals surface area contributed by atoms with Gasteiger partial charge < -0.3 is 10.4 Å². The lowest BCUT2D eigenvalue weighted by Crippen LogP contribution is -2.35. The van der Waals surface area contributed by atoms with E-state index in [1.807, 2.05) is 0 Å². The Hall–Kier alpha value is -1.51. The summed E-state index contributed by atoms with van der Waals surface area (Å²) in [5.41, 5.74) is 0.466. The van der Waals surface area contributed by atoms with E-state index in [1.165, 1.54) is 22.5 Å². The summed E-state index contributed by atoms with van der Waals surface area (Å²) in [4.78, 5) is 12.6. The van der Waals surface area contributed by atoms with Gasteiger partial charge in [0.05, 0.1) is 20.0 Å². The van der Waals surface area contributed by atoms with E-state index in [-0.39, 0.29) is 32.1 Å². The van der Waals surface area contributed by atoms with Crippen molar-refractivity contribution in [1.29, 1.82) is 0 Å². The number of nitrogens with one attached hydrogen (secondary N) is 1. The molecule has 0 radical (unpaired) electrons. The number of carbonyl (C=O) groups is 1. The maximum absolute atomic E-state index is 12.7. The summed E-state index contributed by atoms with van der Waals surface area (Å²) in [6.07, 6.45) is 2.78. The standard InChI is InChI=1S/C19H19Cl3N2O4S/c20-14-10-15(21)18(25)16(17(14)22)19(26)23-11-12-4-6-13(7-5-12)29(27,28)24-8-2-1-3-9-24/h4-7,10,25H,1-3,8-9,11H2,(H,23,26). The van der Waals surface area contributed by atoms with Crippen LogP contribution in [0, 0.1) is 0 Å². The van der Waals surface area contributed by atoms with Crippen LogP contribution >= 0.6 is 34.8 Å². The van der Waals surface area contributed by atoms with Gasteiger partial charge >= 0.3 is 0 Å². The number of sulfonamides is 1. The highest BCUT2D eigenvalue weighted by atomic mass is 35.5. The van der Waals surface area contributed by atoms with Gasteiger partial charge in [0.15, 0.2) is 0 Å². The Balaban J connectivity index is 1.70. The van der Waals surface area contributed by atoms with E-state index in [4.69, 9.17) is 34.8 Å². The van der Waals surface area contributed by atoms with Gasteiger partial charge in [-0.1, -0.05) is 53.4 Å². The SMILES string of the molecule is O=C(NCc1ccc(S(=O)(=O)N2CCCCC2)cc1)c1c(O)c(Cl)cc(Cl)c1Cl. The molecule has 1 heterocycles. The van der Waals surface area contributed by atoms with Gasteiger partial charge in [-0.3, -0.25) is 4.79 Å². The van der Waals surface area contributed by atoms with Crippen LogP contribution in [0.4, 0.5) is 0 Å². The molecule has 0 spiro atoms. The van der Waals surface area contributed by atoms with Crippen LogP contribution in [0.15, 0.2) is 35.2 Å². The molecule has 2 N–H and O–H groups in total. The summed E-state index contributed by atoms with van der Waals surface area (Å²) >= 11 is 17.8. The molecule has 156 valence electrons. The van der Waals surface area contributed by atoms with Gasteiger partial charge in [-0.05, 0) is 36.6 Å². The maximum Gasteiger partial charge on any atom is 0.256 e. The summed E-state index contributed by atoms with van der Waals surface area (Å²) in [7, 11) is -3.51. The number of piperidine rings is 1. The molecular weight excluding hydrogens is 459 g/mol. The average Bonchev–Trinajstić information content (AvgIpc) is 2.72. The molecule has 0 aromatic heterocycles. The van der Waals surface area contributed by atoms with E-state index < -0.39 is 21.7 Å². The van der Waals surface area contributed by atoms with Crippen molar-refractivity contribution >= 4 is 50.7 Å². The highest BCUT2D eigenvalue weighted by molar-refractivity contribution is 7.89. The fraction of sp³-hybridized carbons (Fsp3) is 0.316. The molecule has 10 heteroatoms. The number of carbonyl (C=O) groups excluding carboxylic acids is 1. The van der Waals surface area contributed by atoms with Crippen LogP contribution in [0.2, 0.25) is 15.1 Å². The van der Waals surface area contributed by atoms with Crippen LogP contribution in [0.1, 0.15) is 35.2 Å². The van der Waals surface area contributed by atoms with Gasteiger partial charge in [-0.2, -0.15) is 4.31 Å². The number of benzene rings is 2. The minimum atomic E-state index is -3.51. The third-order valence-corrected chi connectivity index (χ3v) is 7.69. The van der Waals surface area contributed by atoms with Crippen molar-refractivity contribution in [2.75, 3.05) is 13.1 Å². The summed E-state index contributed by atoms with van der Waals surface area (Å²) in [6, 6.07) is 7.55. The second-order valence-corrected chi connectivity index (χ2v) is 9.80. The van der Waals surface area contributed by atoms with E-state index in [2.05, 4.69) is 5.32 Å². The molecule has 0 atom stereocenters. The van der Waals surface area contributed by atoms with E-state index in [1.54, 1.807) is 12.1 Å². The van der Waals surface area contributed by atoms with Gasteiger partial charge in [0, 0.05) is 19.6 Å². The number of nitrogens with zero attached hydrogens (tertiary/aromatic N) is 1. The number of rotatable bonds is 5. The molecule has 2 aromatic rings. The molecule has 1 amide bonds. The van der Waals surface area contributed by atoms with E-state index >= 15 is 0 Å². The predicted molar refractivity (Wildman–Crippen MR) is 113 cm³/mol. The smallest absolute Gasteiger partial charge is 0.256 e. The largest absolute Gasteiger partial charge is 0.505 e.